The van der Waals surface area contributed by atoms with Crippen molar-refractivity contribution >= 4 is 15.9 Å². The standard InChI is InChI=1S/C34H50O5S/c1-22-9-12-27(13-10-22)40(37,38)39-21-23(2)7-6-8-24(3)32-31(36)20-30-28-14-11-25-19-26(35)15-17-33(25,4)29(28)16-18-34(30,32)5/h9-13,23-24,26,28-30,32,35H,6-8,14-21H2,1-5H3/t23-,24-,26?,28-,29+,30+,32+,33+,34+/m1/s1. The van der Waals surface area contributed by atoms with E-state index >= 15 is 0 Å². The lowest BCUT2D eigenvalue weighted by Gasteiger charge is -2.58. The van der Waals surface area contributed by atoms with Crippen LogP contribution in [0.4, 0.5) is 0 Å². The molecule has 0 radical (unpaired) electrons. The number of hydrogen-bond donors (Lipinski definition) is 1. The van der Waals surface area contributed by atoms with E-state index < -0.39 is 10.1 Å². The van der Waals surface area contributed by atoms with E-state index in [9.17, 15) is 18.3 Å². The largest absolute Gasteiger partial charge is 0.393 e. The molecule has 3 fully saturated rings. The molecule has 3 saturated carbocycles. The monoisotopic (exact) mass is 570 g/mol. The molecule has 4 aliphatic carbocycles. The molecule has 1 N–H and O–H groups in total. The third-order valence-corrected chi connectivity index (χ3v) is 13.0. The Kier molecular flexibility index (Phi) is 8.47. The second-order valence-electron chi connectivity index (χ2n) is 14.4. The predicted molar refractivity (Wildman–Crippen MR) is 158 cm³/mol. The van der Waals surface area contributed by atoms with Crippen LogP contribution in [-0.2, 0) is 19.1 Å². The highest BCUT2D eigenvalue weighted by molar-refractivity contribution is 7.86. The molecule has 0 aliphatic heterocycles. The number of allylic oxidation sites excluding steroid dienone is 1. The van der Waals surface area contributed by atoms with Gasteiger partial charge in [0.25, 0.3) is 10.1 Å². The Morgan fingerprint density at radius 3 is 2.48 bits per heavy atom. The van der Waals surface area contributed by atoms with Gasteiger partial charge < -0.3 is 5.11 Å². The molecule has 6 heteroatoms. The number of ketones is 1. The van der Waals surface area contributed by atoms with Crippen molar-refractivity contribution in [2.24, 2.45) is 46.3 Å². The number of aryl methyl sites for hydroxylation is 1. The average molecular weight is 571 g/mol. The van der Waals surface area contributed by atoms with Crippen molar-refractivity contribution in [3.63, 3.8) is 0 Å². The normalized spacial score (nSPS) is 37.2. The van der Waals surface area contributed by atoms with Gasteiger partial charge in [-0.25, -0.2) is 0 Å². The van der Waals surface area contributed by atoms with Crippen molar-refractivity contribution in [3.05, 3.63) is 41.5 Å². The van der Waals surface area contributed by atoms with Gasteiger partial charge in [-0.3, -0.25) is 8.98 Å². The summed E-state index contributed by atoms with van der Waals surface area (Å²) >= 11 is 0. The SMILES string of the molecule is Cc1ccc(S(=O)(=O)OC[C@H](C)CCC[C@@H](C)[C@H]2C(=O)C[C@H]3[C@@H]4CC=C5CC(O)CC[C@]5(C)[C@H]4CC[C@]23C)cc1. The second kappa shape index (κ2) is 11.3. The van der Waals surface area contributed by atoms with Crippen LogP contribution in [0.2, 0.25) is 0 Å². The van der Waals surface area contributed by atoms with Gasteiger partial charge >= 0.3 is 0 Å². The van der Waals surface area contributed by atoms with E-state index in [1.807, 2.05) is 13.8 Å². The van der Waals surface area contributed by atoms with Crippen molar-refractivity contribution < 1.29 is 22.5 Å². The smallest absolute Gasteiger partial charge is 0.296 e. The Bertz CT molecular complexity index is 1220. The number of hydrogen-bond acceptors (Lipinski definition) is 5. The fourth-order valence-corrected chi connectivity index (χ4v) is 10.5. The molecule has 4 aliphatic rings. The lowest BCUT2D eigenvalue weighted by atomic mass is 9.47. The van der Waals surface area contributed by atoms with Crippen LogP contribution in [0, 0.1) is 53.3 Å². The van der Waals surface area contributed by atoms with Crippen LogP contribution in [0.3, 0.4) is 0 Å². The summed E-state index contributed by atoms with van der Waals surface area (Å²) < 4.78 is 30.5. The summed E-state index contributed by atoms with van der Waals surface area (Å²) in [5, 5.41) is 10.3. The van der Waals surface area contributed by atoms with Gasteiger partial charge in [0.1, 0.15) is 5.78 Å². The second-order valence-corrected chi connectivity index (χ2v) is 16.0. The maximum atomic E-state index is 13.6. The summed E-state index contributed by atoms with van der Waals surface area (Å²) in [5.41, 5.74) is 2.76. The van der Waals surface area contributed by atoms with Crippen molar-refractivity contribution in [2.45, 2.75) is 110 Å². The fourth-order valence-electron chi connectivity index (χ4n) is 9.46. The number of benzene rings is 1. The number of aliphatic hydroxyl groups excluding tert-OH is 1. The van der Waals surface area contributed by atoms with Crippen molar-refractivity contribution in [1.29, 1.82) is 0 Å². The molecule has 1 aromatic carbocycles. The summed E-state index contributed by atoms with van der Waals surface area (Å²) in [4.78, 5) is 13.8. The highest BCUT2D eigenvalue weighted by Crippen LogP contribution is 2.66. The van der Waals surface area contributed by atoms with Gasteiger partial charge in [0, 0.05) is 12.3 Å². The summed E-state index contributed by atoms with van der Waals surface area (Å²) in [6.07, 6.45) is 12.0. The predicted octanol–water partition coefficient (Wildman–Crippen LogP) is 7.26. The zero-order valence-electron chi connectivity index (χ0n) is 25.2. The molecule has 5 rings (SSSR count). The lowest BCUT2D eigenvalue weighted by Crippen LogP contribution is -2.51. The lowest BCUT2D eigenvalue weighted by molar-refractivity contribution is -0.124. The van der Waals surface area contributed by atoms with Crippen LogP contribution in [0.15, 0.2) is 40.8 Å². The Labute approximate surface area is 242 Å². The van der Waals surface area contributed by atoms with Crippen molar-refractivity contribution in [1.82, 2.24) is 0 Å². The zero-order chi connectivity index (χ0) is 28.9. The Morgan fingerprint density at radius 1 is 1.02 bits per heavy atom. The fraction of sp³-hybridized carbons (Fsp3) is 0.735. The van der Waals surface area contributed by atoms with E-state index in [0.29, 0.717) is 29.5 Å². The Morgan fingerprint density at radius 2 is 1.75 bits per heavy atom. The quantitative estimate of drug-likeness (QED) is 0.250. The summed E-state index contributed by atoms with van der Waals surface area (Å²) in [7, 11) is -3.74. The number of aliphatic hydroxyl groups is 1. The minimum atomic E-state index is -3.74. The molecular formula is C34H50O5S. The Balaban J connectivity index is 1.16. The minimum absolute atomic E-state index is 0.0738. The number of fused-ring (bicyclic) bond motifs is 5. The van der Waals surface area contributed by atoms with E-state index in [1.54, 1.807) is 24.3 Å². The maximum absolute atomic E-state index is 13.6. The summed E-state index contributed by atoms with van der Waals surface area (Å²) in [5.74, 6) is 2.74. The highest BCUT2D eigenvalue weighted by Gasteiger charge is 2.61. The van der Waals surface area contributed by atoms with Crippen molar-refractivity contribution in [2.75, 3.05) is 6.61 Å². The molecular weight excluding hydrogens is 520 g/mol. The average Bonchev–Trinajstić information content (AvgIpc) is 3.18. The van der Waals surface area contributed by atoms with Crippen LogP contribution in [0.1, 0.15) is 97.5 Å². The van der Waals surface area contributed by atoms with Gasteiger partial charge in [0.15, 0.2) is 0 Å². The molecule has 9 atom stereocenters. The van der Waals surface area contributed by atoms with Gasteiger partial charge in [0.05, 0.1) is 17.6 Å². The molecule has 5 nitrogen and oxygen atoms in total. The van der Waals surface area contributed by atoms with E-state index in [4.69, 9.17) is 4.18 Å². The topological polar surface area (TPSA) is 80.7 Å². The third-order valence-electron chi connectivity index (χ3n) is 11.7. The van der Waals surface area contributed by atoms with Crippen LogP contribution in [-0.4, -0.2) is 32.0 Å². The molecule has 1 unspecified atom stereocenters. The molecule has 0 amide bonds. The molecule has 1 aromatic rings. The molecule has 0 aromatic heterocycles. The first-order chi connectivity index (χ1) is 18.8. The molecule has 0 heterocycles. The van der Waals surface area contributed by atoms with Gasteiger partial charge in [-0.2, -0.15) is 8.42 Å². The first kappa shape index (κ1) is 30.0. The maximum Gasteiger partial charge on any atom is 0.296 e. The third kappa shape index (κ3) is 5.49. The van der Waals surface area contributed by atoms with Gasteiger partial charge in [-0.15, -0.1) is 0 Å². The van der Waals surface area contributed by atoms with E-state index in [0.717, 1.165) is 63.4 Å². The van der Waals surface area contributed by atoms with Gasteiger partial charge in [0.2, 0.25) is 0 Å². The number of carbonyl (C=O) groups excluding carboxylic acids is 1. The van der Waals surface area contributed by atoms with Crippen LogP contribution in [0.25, 0.3) is 0 Å². The number of Topliss-reactive ketones (excluding diaryl/α,β-unsaturated/α-hetero) is 1. The molecule has 0 spiro atoms. The number of rotatable bonds is 9. The first-order valence-electron chi connectivity index (χ1n) is 15.7. The van der Waals surface area contributed by atoms with E-state index in [-0.39, 0.29) is 40.3 Å². The number of carbonyl (C=O) groups is 1. The van der Waals surface area contributed by atoms with Crippen LogP contribution < -0.4 is 0 Å². The van der Waals surface area contributed by atoms with E-state index in [1.165, 1.54) is 12.0 Å². The van der Waals surface area contributed by atoms with Gasteiger partial charge in [-0.05, 0) is 111 Å². The molecule has 222 valence electrons. The Hall–Kier alpha value is -1.50. The van der Waals surface area contributed by atoms with Crippen LogP contribution >= 0.6 is 0 Å². The van der Waals surface area contributed by atoms with Crippen LogP contribution in [0.5, 0.6) is 0 Å². The molecule has 40 heavy (non-hydrogen) atoms. The molecule has 0 bridgehead atoms. The first-order valence-corrected chi connectivity index (χ1v) is 17.1. The van der Waals surface area contributed by atoms with E-state index in [2.05, 4.69) is 26.8 Å². The minimum Gasteiger partial charge on any atom is -0.393 e. The summed E-state index contributed by atoms with van der Waals surface area (Å²) in [6, 6.07) is 6.76. The molecule has 0 saturated heterocycles. The zero-order valence-corrected chi connectivity index (χ0v) is 26.0. The highest BCUT2D eigenvalue weighted by atomic mass is 32.2. The van der Waals surface area contributed by atoms with Crippen molar-refractivity contribution in [3.8, 4) is 0 Å². The van der Waals surface area contributed by atoms with Gasteiger partial charge in [-0.1, -0.05) is 63.5 Å². The summed E-state index contributed by atoms with van der Waals surface area (Å²) in [6.45, 7) is 11.3.